The summed E-state index contributed by atoms with van der Waals surface area (Å²) in [7, 11) is -2.09. The Bertz CT molecular complexity index is 233. The lowest BCUT2D eigenvalue weighted by Gasteiger charge is -2.37. The first-order chi connectivity index (χ1) is 7.77. The van der Waals surface area contributed by atoms with Gasteiger partial charge in [-0.2, -0.15) is 0 Å². The molecular weight excluding hydrogens is 239 g/mol. The zero-order valence-corrected chi connectivity index (χ0v) is 11.8. The highest BCUT2D eigenvalue weighted by Gasteiger charge is 2.40. The van der Waals surface area contributed by atoms with Gasteiger partial charge in [0.1, 0.15) is 7.14 Å². The van der Waals surface area contributed by atoms with Gasteiger partial charge in [-0.3, -0.25) is 0 Å². The second-order valence-corrected chi connectivity index (χ2v) is 9.68. The molecular formula is C13H24ClOP. The zero-order chi connectivity index (χ0) is 11.4. The maximum absolute atomic E-state index is 13.2. The van der Waals surface area contributed by atoms with E-state index in [0.29, 0.717) is 16.9 Å². The fourth-order valence-corrected chi connectivity index (χ4v) is 8.17. The summed E-state index contributed by atoms with van der Waals surface area (Å²) in [6.07, 6.45) is 12.5. The maximum atomic E-state index is 13.2. The van der Waals surface area contributed by atoms with Gasteiger partial charge in [-0.05, 0) is 25.7 Å². The van der Waals surface area contributed by atoms with Gasteiger partial charge in [-0.25, -0.2) is 0 Å². The SMILES string of the molecule is O=P(CCl)(C1CCCCC1)C1CCCCC1. The van der Waals surface area contributed by atoms with Crippen molar-refractivity contribution < 1.29 is 4.57 Å². The summed E-state index contributed by atoms with van der Waals surface area (Å²) in [6.45, 7) is 0. The highest BCUT2D eigenvalue weighted by molar-refractivity contribution is 7.66. The van der Waals surface area contributed by atoms with E-state index in [1.807, 2.05) is 0 Å². The van der Waals surface area contributed by atoms with Crippen molar-refractivity contribution in [1.29, 1.82) is 0 Å². The minimum Gasteiger partial charge on any atom is -0.322 e. The Hall–Kier alpha value is 0.520. The lowest BCUT2D eigenvalue weighted by Crippen LogP contribution is -2.24. The van der Waals surface area contributed by atoms with Crippen LogP contribution < -0.4 is 0 Å². The van der Waals surface area contributed by atoms with Crippen LogP contribution in [0.25, 0.3) is 0 Å². The molecule has 1 nitrogen and oxygen atoms in total. The molecule has 0 saturated heterocycles. The molecule has 0 radical (unpaired) electrons. The van der Waals surface area contributed by atoms with Crippen LogP contribution in [0.5, 0.6) is 0 Å². The van der Waals surface area contributed by atoms with Crippen molar-refractivity contribution >= 4 is 18.7 Å². The molecule has 0 atom stereocenters. The Kier molecular flexibility index (Phi) is 4.79. The summed E-state index contributed by atoms with van der Waals surface area (Å²) < 4.78 is 13.2. The number of halogens is 1. The molecule has 0 bridgehead atoms. The quantitative estimate of drug-likeness (QED) is 0.504. The van der Waals surface area contributed by atoms with Crippen molar-refractivity contribution in [2.75, 3.05) is 5.62 Å². The Morgan fingerprint density at radius 3 is 1.50 bits per heavy atom. The third-order valence-corrected chi connectivity index (χ3v) is 9.57. The molecule has 2 aliphatic rings. The molecule has 16 heavy (non-hydrogen) atoms. The van der Waals surface area contributed by atoms with Gasteiger partial charge in [0.15, 0.2) is 0 Å². The highest BCUT2D eigenvalue weighted by atomic mass is 35.5. The zero-order valence-electron chi connectivity index (χ0n) is 10.2. The van der Waals surface area contributed by atoms with E-state index in [-0.39, 0.29) is 0 Å². The molecule has 0 N–H and O–H groups in total. The standard InChI is InChI=1S/C13H24ClOP/c14-11-16(15,12-7-3-1-4-8-12)13-9-5-2-6-10-13/h12-13H,1-11H2. The van der Waals surface area contributed by atoms with Gasteiger partial charge in [-0.1, -0.05) is 38.5 Å². The van der Waals surface area contributed by atoms with E-state index >= 15 is 0 Å². The van der Waals surface area contributed by atoms with E-state index in [9.17, 15) is 4.57 Å². The molecule has 0 heterocycles. The molecule has 0 aromatic rings. The first-order valence-electron chi connectivity index (χ1n) is 6.92. The normalized spacial score (nSPS) is 25.8. The molecule has 2 aliphatic carbocycles. The Morgan fingerprint density at radius 1 is 0.812 bits per heavy atom. The third kappa shape index (κ3) is 2.67. The van der Waals surface area contributed by atoms with Crippen molar-refractivity contribution in [2.45, 2.75) is 75.5 Å². The van der Waals surface area contributed by atoms with Crippen molar-refractivity contribution in [1.82, 2.24) is 0 Å². The van der Waals surface area contributed by atoms with E-state index < -0.39 is 7.14 Å². The van der Waals surface area contributed by atoms with Gasteiger partial charge in [-0.15, -0.1) is 11.6 Å². The van der Waals surface area contributed by atoms with Gasteiger partial charge in [0.25, 0.3) is 0 Å². The van der Waals surface area contributed by atoms with E-state index in [0.717, 1.165) is 0 Å². The Labute approximate surface area is 105 Å². The topological polar surface area (TPSA) is 17.1 Å². The van der Waals surface area contributed by atoms with Crippen molar-refractivity contribution in [3.05, 3.63) is 0 Å². The summed E-state index contributed by atoms with van der Waals surface area (Å²) >= 11 is 6.11. The molecule has 0 aromatic heterocycles. The Balaban J connectivity index is 2.06. The number of hydrogen-bond donors (Lipinski definition) is 0. The van der Waals surface area contributed by atoms with E-state index in [4.69, 9.17) is 11.6 Å². The van der Waals surface area contributed by atoms with Crippen LogP contribution >= 0.6 is 18.7 Å². The molecule has 0 aromatic carbocycles. The summed E-state index contributed by atoms with van der Waals surface area (Å²) in [5.74, 6) is 0. The van der Waals surface area contributed by atoms with Crippen LogP contribution in [0.3, 0.4) is 0 Å². The average Bonchev–Trinajstić information content (AvgIpc) is 2.40. The van der Waals surface area contributed by atoms with Gasteiger partial charge < -0.3 is 4.57 Å². The summed E-state index contributed by atoms with van der Waals surface area (Å²) in [5, 5.41) is 0. The molecule has 0 aliphatic heterocycles. The van der Waals surface area contributed by atoms with Gasteiger partial charge in [0.05, 0.1) is 5.62 Å². The minimum atomic E-state index is -2.09. The lowest BCUT2D eigenvalue weighted by atomic mass is 9.99. The minimum absolute atomic E-state index is 0.447. The highest BCUT2D eigenvalue weighted by Crippen LogP contribution is 2.63. The van der Waals surface area contributed by atoms with Crippen LogP contribution in [-0.2, 0) is 4.57 Å². The van der Waals surface area contributed by atoms with E-state index in [2.05, 4.69) is 0 Å². The fraction of sp³-hybridized carbons (Fsp3) is 1.00. The second kappa shape index (κ2) is 5.91. The molecule has 0 spiro atoms. The molecule has 3 heteroatoms. The van der Waals surface area contributed by atoms with Crippen LogP contribution in [-0.4, -0.2) is 16.9 Å². The van der Waals surface area contributed by atoms with E-state index in [1.165, 1.54) is 64.2 Å². The van der Waals surface area contributed by atoms with Crippen LogP contribution in [0.4, 0.5) is 0 Å². The second-order valence-electron chi connectivity index (χ2n) is 5.56. The molecule has 0 amide bonds. The molecule has 94 valence electrons. The van der Waals surface area contributed by atoms with E-state index in [1.54, 1.807) is 0 Å². The largest absolute Gasteiger partial charge is 0.322 e. The van der Waals surface area contributed by atoms with Gasteiger partial charge in [0.2, 0.25) is 0 Å². The molecule has 0 unspecified atom stereocenters. The smallest absolute Gasteiger partial charge is 0.108 e. The van der Waals surface area contributed by atoms with Crippen LogP contribution in [0.1, 0.15) is 64.2 Å². The summed E-state index contributed by atoms with van der Waals surface area (Å²) in [6, 6.07) is 0. The number of rotatable bonds is 3. The Morgan fingerprint density at radius 2 is 1.19 bits per heavy atom. The predicted molar refractivity (Wildman–Crippen MR) is 72.1 cm³/mol. The summed E-state index contributed by atoms with van der Waals surface area (Å²) in [4.78, 5) is 0. The van der Waals surface area contributed by atoms with Crippen LogP contribution in [0.15, 0.2) is 0 Å². The third-order valence-electron chi connectivity index (χ3n) is 4.57. The number of alkyl halides is 1. The van der Waals surface area contributed by atoms with Gasteiger partial charge >= 0.3 is 0 Å². The molecule has 2 fully saturated rings. The van der Waals surface area contributed by atoms with Crippen molar-refractivity contribution in [2.24, 2.45) is 0 Å². The first-order valence-corrected chi connectivity index (χ1v) is 9.48. The van der Waals surface area contributed by atoms with Crippen LogP contribution in [0, 0.1) is 0 Å². The predicted octanol–water partition coefficient (Wildman–Crippen LogP) is 5.21. The maximum Gasteiger partial charge on any atom is 0.108 e. The fourth-order valence-electron chi connectivity index (χ4n) is 3.53. The molecule has 2 saturated carbocycles. The van der Waals surface area contributed by atoms with Crippen molar-refractivity contribution in [3.63, 3.8) is 0 Å². The van der Waals surface area contributed by atoms with Crippen molar-refractivity contribution in [3.8, 4) is 0 Å². The van der Waals surface area contributed by atoms with Crippen LogP contribution in [0.2, 0.25) is 0 Å². The van der Waals surface area contributed by atoms with Gasteiger partial charge in [0, 0.05) is 11.3 Å². The summed E-state index contributed by atoms with van der Waals surface area (Å²) in [5.41, 5.74) is 1.39. The monoisotopic (exact) mass is 262 g/mol. The average molecular weight is 263 g/mol. The lowest BCUT2D eigenvalue weighted by molar-refractivity contribution is 0.449. The first kappa shape index (κ1) is 13.0. The number of hydrogen-bond acceptors (Lipinski definition) is 1. The molecule has 2 rings (SSSR count).